The normalized spacial score (nSPS) is 11.2. The van der Waals surface area contributed by atoms with Gasteiger partial charge in [-0.05, 0) is 0 Å². The molecule has 0 saturated carbocycles. The molecular weight excluding hydrogens is 299 g/mol. The van der Waals surface area contributed by atoms with Gasteiger partial charge in [0.2, 0.25) is 0 Å². The first kappa shape index (κ1) is 12.2. The van der Waals surface area contributed by atoms with Crippen LogP contribution in [0, 0.1) is 0 Å². The number of aromatic nitrogens is 1. The van der Waals surface area contributed by atoms with Crippen LogP contribution in [0.5, 0.6) is 0 Å². The Hall–Kier alpha value is -1.83. The van der Waals surface area contributed by atoms with E-state index >= 15 is 0 Å². The first-order chi connectivity index (χ1) is 9.35. The second-order valence-electron chi connectivity index (χ2n) is 4.23. The van der Waals surface area contributed by atoms with Crippen molar-refractivity contribution in [2.45, 2.75) is 0 Å². The summed E-state index contributed by atoms with van der Waals surface area (Å²) in [6.07, 6.45) is 4.26. The Morgan fingerprint density at radius 3 is 2.53 bits per heavy atom. The van der Waals surface area contributed by atoms with E-state index in [9.17, 15) is 0 Å². The zero-order valence-corrected chi connectivity index (χ0v) is 12.3. The summed E-state index contributed by atoms with van der Waals surface area (Å²) in [5, 5.41) is 3.12. The van der Waals surface area contributed by atoms with E-state index in [2.05, 4.69) is 64.9 Å². The van der Waals surface area contributed by atoms with Crippen LogP contribution in [0.4, 0.5) is 5.69 Å². The van der Waals surface area contributed by atoms with E-state index in [0.717, 1.165) is 11.2 Å². The minimum absolute atomic E-state index is 0.345. The Labute approximate surface area is 118 Å². The van der Waals surface area contributed by atoms with Gasteiger partial charge in [0.05, 0.1) is 0 Å². The molecule has 0 atom stereocenters. The summed E-state index contributed by atoms with van der Waals surface area (Å²) >= 11 is 0.345. The SMILES string of the molecule is CNc1ccc(C=Cc2nc3ccccc3[se]2)cc1. The van der Waals surface area contributed by atoms with Crippen molar-refractivity contribution >= 4 is 42.1 Å². The molecule has 3 rings (SSSR count). The quantitative estimate of drug-likeness (QED) is 0.749. The number of hydrogen-bond acceptors (Lipinski definition) is 2. The number of anilines is 1. The predicted molar refractivity (Wildman–Crippen MR) is 83.6 cm³/mol. The van der Waals surface area contributed by atoms with Crippen molar-refractivity contribution in [3.8, 4) is 0 Å². The average molecular weight is 313 g/mol. The van der Waals surface area contributed by atoms with Crippen LogP contribution in [0.25, 0.3) is 21.9 Å². The standard InChI is InChI=1S/C16H14N2Se/c1-17-13-9-6-12(7-10-13)8-11-16-18-14-4-2-3-5-15(14)19-16/h2-11,17H,1H3. The van der Waals surface area contributed by atoms with Crippen LogP contribution in [0.15, 0.2) is 48.5 Å². The van der Waals surface area contributed by atoms with Gasteiger partial charge in [0.25, 0.3) is 0 Å². The monoisotopic (exact) mass is 314 g/mol. The van der Waals surface area contributed by atoms with Gasteiger partial charge in [0.1, 0.15) is 0 Å². The topological polar surface area (TPSA) is 24.9 Å². The van der Waals surface area contributed by atoms with E-state index in [0.29, 0.717) is 14.5 Å². The molecule has 3 aromatic rings. The summed E-state index contributed by atoms with van der Waals surface area (Å²) in [5.74, 6) is 0. The Bertz CT molecular complexity index is 678. The summed E-state index contributed by atoms with van der Waals surface area (Å²) in [6.45, 7) is 0. The second kappa shape index (κ2) is 5.43. The summed E-state index contributed by atoms with van der Waals surface area (Å²) < 4.78 is 2.56. The van der Waals surface area contributed by atoms with Crippen molar-refractivity contribution in [1.29, 1.82) is 0 Å². The summed E-state index contributed by atoms with van der Waals surface area (Å²) in [7, 11) is 1.93. The number of hydrogen-bond donors (Lipinski definition) is 1. The fourth-order valence-electron chi connectivity index (χ4n) is 1.89. The third-order valence-electron chi connectivity index (χ3n) is 2.93. The zero-order chi connectivity index (χ0) is 13.1. The molecule has 0 aliphatic carbocycles. The van der Waals surface area contributed by atoms with Gasteiger partial charge in [-0.1, -0.05) is 0 Å². The third kappa shape index (κ3) is 2.78. The molecule has 0 spiro atoms. The number of benzene rings is 2. The van der Waals surface area contributed by atoms with Gasteiger partial charge in [-0.3, -0.25) is 0 Å². The molecule has 0 amide bonds. The first-order valence-electron chi connectivity index (χ1n) is 6.16. The molecule has 1 heterocycles. The second-order valence-corrected chi connectivity index (χ2v) is 6.45. The van der Waals surface area contributed by atoms with Crippen LogP contribution >= 0.6 is 0 Å². The first-order valence-corrected chi connectivity index (χ1v) is 7.88. The molecule has 3 heteroatoms. The van der Waals surface area contributed by atoms with Crippen molar-refractivity contribution in [2.24, 2.45) is 0 Å². The Kier molecular flexibility index (Phi) is 3.49. The van der Waals surface area contributed by atoms with Gasteiger partial charge in [0.15, 0.2) is 0 Å². The number of rotatable bonds is 3. The van der Waals surface area contributed by atoms with E-state index in [1.807, 2.05) is 13.1 Å². The van der Waals surface area contributed by atoms with Crippen LogP contribution < -0.4 is 5.32 Å². The van der Waals surface area contributed by atoms with Crippen LogP contribution in [0.3, 0.4) is 0 Å². The van der Waals surface area contributed by atoms with Gasteiger partial charge < -0.3 is 0 Å². The molecule has 0 unspecified atom stereocenters. The third-order valence-corrected chi connectivity index (χ3v) is 5.03. The maximum atomic E-state index is 4.65. The molecule has 0 aliphatic rings. The number of nitrogens with zero attached hydrogens (tertiary/aromatic N) is 1. The van der Waals surface area contributed by atoms with Crippen molar-refractivity contribution in [3.05, 3.63) is 58.7 Å². The van der Waals surface area contributed by atoms with E-state index < -0.39 is 0 Å². The molecule has 1 aromatic heterocycles. The molecule has 19 heavy (non-hydrogen) atoms. The van der Waals surface area contributed by atoms with Crippen molar-refractivity contribution in [2.75, 3.05) is 12.4 Å². The molecule has 2 aromatic carbocycles. The van der Waals surface area contributed by atoms with Gasteiger partial charge in [0, 0.05) is 0 Å². The van der Waals surface area contributed by atoms with Crippen molar-refractivity contribution in [3.63, 3.8) is 0 Å². The Balaban J connectivity index is 1.84. The molecule has 0 fully saturated rings. The molecule has 0 saturated heterocycles. The van der Waals surface area contributed by atoms with E-state index in [-0.39, 0.29) is 0 Å². The molecule has 0 aliphatic heterocycles. The van der Waals surface area contributed by atoms with Gasteiger partial charge in [-0.25, -0.2) is 0 Å². The van der Waals surface area contributed by atoms with Crippen molar-refractivity contribution in [1.82, 2.24) is 4.98 Å². The minimum atomic E-state index is 0.345. The van der Waals surface area contributed by atoms with Crippen LogP contribution in [0.1, 0.15) is 10.1 Å². The number of fused-ring (bicyclic) bond motifs is 1. The van der Waals surface area contributed by atoms with Crippen LogP contribution in [-0.2, 0) is 0 Å². The zero-order valence-electron chi connectivity index (χ0n) is 10.6. The van der Waals surface area contributed by atoms with E-state index in [1.54, 1.807) is 0 Å². The predicted octanol–water partition coefficient (Wildman–Crippen LogP) is 3.50. The van der Waals surface area contributed by atoms with Crippen LogP contribution in [0.2, 0.25) is 0 Å². The van der Waals surface area contributed by atoms with Crippen molar-refractivity contribution < 1.29 is 0 Å². The van der Waals surface area contributed by atoms with Gasteiger partial charge >= 0.3 is 118 Å². The van der Waals surface area contributed by atoms with Gasteiger partial charge in [-0.2, -0.15) is 0 Å². The van der Waals surface area contributed by atoms with E-state index in [1.165, 1.54) is 14.4 Å². The maximum absolute atomic E-state index is 4.65. The summed E-state index contributed by atoms with van der Waals surface area (Å²) in [6, 6.07) is 16.8. The van der Waals surface area contributed by atoms with Gasteiger partial charge in [-0.15, -0.1) is 0 Å². The van der Waals surface area contributed by atoms with E-state index in [4.69, 9.17) is 0 Å². The molecule has 1 N–H and O–H groups in total. The molecule has 94 valence electrons. The van der Waals surface area contributed by atoms with Crippen LogP contribution in [-0.4, -0.2) is 26.5 Å². The Morgan fingerprint density at radius 1 is 1.00 bits per heavy atom. The molecular formula is C16H14N2Se. The molecule has 0 radical (unpaired) electrons. The number of nitrogens with one attached hydrogen (secondary N) is 1. The molecule has 2 nitrogen and oxygen atoms in total. The average Bonchev–Trinajstić information content (AvgIpc) is 2.88. The Morgan fingerprint density at radius 2 is 1.79 bits per heavy atom. The summed E-state index contributed by atoms with van der Waals surface area (Å²) in [4.78, 5) is 4.65. The number of para-hydroxylation sites is 1. The molecule has 0 bridgehead atoms. The summed E-state index contributed by atoms with van der Waals surface area (Å²) in [5.41, 5.74) is 3.47. The fraction of sp³-hybridized carbons (Fsp3) is 0.0625. The fourth-order valence-corrected chi connectivity index (χ4v) is 3.72.